The molecule has 0 unspecified atom stereocenters. The summed E-state index contributed by atoms with van der Waals surface area (Å²) in [6.45, 7) is 1.03. The van der Waals surface area contributed by atoms with Crippen molar-refractivity contribution < 1.29 is 27.5 Å². The highest BCUT2D eigenvalue weighted by Crippen LogP contribution is 2.23. The maximum absolute atomic E-state index is 12.9. The Morgan fingerprint density at radius 2 is 1.44 bits per heavy atom. The standard InChI is InChI=1S/C25H28N2O6S/c28-23(33-18-17-27-24(29)21-7-3-4-8-22(21)25(27)30)14-11-19-9-12-20(13-10-19)34(31,32)26-15-5-1-2-6-16-26/h3-4,7-10,12-13H,1-2,5-6,11,14-18H2. The van der Waals surface area contributed by atoms with Gasteiger partial charge in [0.2, 0.25) is 10.0 Å². The van der Waals surface area contributed by atoms with Crippen LogP contribution < -0.4 is 0 Å². The maximum atomic E-state index is 12.9. The number of benzene rings is 2. The van der Waals surface area contributed by atoms with Gasteiger partial charge in [0.05, 0.1) is 22.6 Å². The van der Waals surface area contributed by atoms with Crippen LogP contribution in [0.1, 0.15) is 58.4 Å². The molecule has 0 N–H and O–H groups in total. The van der Waals surface area contributed by atoms with Crippen molar-refractivity contribution in [3.63, 3.8) is 0 Å². The highest BCUT2D eigenvalue weighted by atomic mass is 32.2. The van der Waals surface area contributed by atoms with Crippen molar-refractivity contribution in [2.24, 2.45) is 0 Å². The Hall–Kier alpha value is -3.04. The first-order chi connectivity index (χ1) is 16.4. The molecule has 0 saturated carbocycles. The highest BCUT2D eigenvalue weighted by Gasteiger charge is 2.34. The molecular weight excluding hydrogens is 456 g/mol. The minimum absolute atomic E-state index is 0.00113. The van der Waals surface area contributed by atoms with Crippen molar-refractivity contribution in [2.45, 2.75) is 43.4 Å². The van der Waals surface area contributed by atoms with Gasteiger partial charge in [0.15, 0.2) is 0 Å². The SMILES string of the molecule is O=C(CCc1ccc(S(=O)(=O)N2CCCCCC2)cc1)OCCN1C(=O)c2ccccc2C1=O. The third-order valence-corrected chi connectivity index (χ3v) is 8.11. The molecule has 2 aromatic rings. The average Bonchev–Trinajstić information content (AvgIpc) is 3.03. The third-order valence-electron chi connectivity index (χ3n) is 6.20. The molecule has 2 amide bonds. The molecule has 1 fully saturated rings. The van der Waals surface area contributed by atoms with Gasteiger partial charge in [-0.05, 0) is 49.1 Å². The van der Waals surface area contributed by atoms with Crippen LogP contribution in [0, 0.1) is 0 Å². The quantitative estimate of drug-likeness (QED) is 0.422. The average molecular weight is 485 g/mol. The normalized spacial score (nSPS) is 16.9. The second-order valence-corrected chi connectivity index (χ2v) is 10.4. The van der Waals surface area contributed by atoms with Gasteiger partial charge in [0.25, 0.3) is 11.8 Å². The first-order valence-corrected chi connectivity index (χ1v) is 13.0. The zero-order valence-corrected chi connectivity index (χ0v) is 19.8. The highest BCUT2D eigenvalue weighted by molar-refractivity contribution is 7.89. The van der Waals surface area contributed by atoms with E-state index in [2.05, 4.69) is 0 Å². The molecule has 2 aliphatic heterocycles. The number of nitrogens with zero attached hydrogens (tertiary/aromatic N) is 2. The minimum Gasteiger partial charge on any atom is -0.464 e. The van der Waals surface area contributed by atoms with Crippen LogP contribution in [0.2, 0.25) is 0 Å². The lowest BCUT2D eigenvalue weighted by Crippen LogP contribution is -2.33. The van der Waals surface area contributed by atoms with Crippen molar-refractivity contribution in [3.05, 3.63) is 65.2 Å². The molecule has 34 heavy (non-hydrogen) atoms. The maximum Gasteiger partial charge on any atom is 0.306 e. The summed E-state index contributed by atoms with van der Waals surface area (Å²) in [6, 6.07) is 13.2. The number of hydrogen-bond acceptors (Lipinski definition) is 6. The number of esters is 1. The van der Waals surface area contributed by atoms with Gasteiger partial charge in [-0.2, -0.15) is 4.31 Å². The predicted octanol–water partition coefficient (Wildman–Crippen LogP) is 3.02. The number of rotatable bonds is 8. The molecule has 0 radical (unpaired) electrons. The summed E-state index contributed by atoms with van der Waals surface area (Å²) in [4.78, 5) is 38.1. The van der Waals surface area contributed by atoms with Crippen LogP contribution in [-0.4, -0.2) is 61.6 Å². The lowest BCUT2D eigenvalue weighted by atomic mass is 10.1. The molecule has 0 aliphatic carbocycles. The van der Waals surface area contributed by atoms with Gasteiger partial charge in [-0.3, -0.25) is 19.3 Å². The van der Waals surface area contributed by atoms with Crippen molar-refractivity contribution in [2.75, 3.05) is 26.2 Å². The van der Waals surface area contributed by atoms with Gasteiger partial charge in [-0.25, -0.2) is 8.42 Å². The number of amides is 2. The summed E-state index contributed by atoms with van der Waals surface area (Å²) >= 11 is 0. The molecule has 0 aromatic heterocycles. The van der Waals surface area contributed by atoms with Crippen LogP contribution in [0.5, 0.6) is 0 Å². The fourth-order valence-electron chi connectivity index (χ4n) is 4.27. The van der Waals surface area contributed by atoms with Gasteiger partial charge in [0, 0.05) is 19.5 Å². The van der Waals surface area contributed by atoms with E-state index in [9.17, 15) is 22.8 Å². The van der Waals surface area contributed by atoms with E-state index in [0.29, 0.717) is 30.6 Å². The van der Waals surface area contributed by atoms with E-state index < -0.39 is 16.0 Å². The summed E-state index contributed by atoms with van der Waals surface area (Å²) in [5.41, 5.74) is 1.55. The van der Waals surface area contributed by atoms with E-state index >= 15 is 0 Å². The molecular formula is C25H28N2O6S. The monoisotopic (exact) mass is 484 g/mol. The lowest BCUT2D eigenvalue weighted by molar-refractivity contribution is -0.143. The Labute approximate surface area is 199 Å². The van der Waals surface area contributed by atoms with Crippen molar-refractivity contribution >= 4 is 27.8 Å². The zero-order valence-electron chi connectivity index (χ0n) is 18.9. The lowest BCUT2D eigenvalue weighted by Gasteiger charge is -2.20. The van der Waals surface area contributed by atoms with E-state index in [4.69, 9.17) is 4.74 Å². The van der Waals surface area contributed by atoms with E-state index in [0.717, 1.165) is 36.1 Å². The molecule has 4 rings (SSSR count). The smallest absolute Gasteiger partial charge is 0.306 e. The molecule has 2 heterocycles. The van der Waals surface area contributed by atoms with Gasteiger partial charge in [-0.15, -0.1) is 0 Å². The molecule has 180 valence electrons. The summed E-state index contributed by atoms with van der Waals surface area (Å²) in [5, 5.41) is 0. The number of aryl methyl sites for hydroxylation is 1. The van der Waals surface area contributed by atoms with Gasteiger partial charge >= 0.3 is 5.97 Å². The molecule has 0 bridgehead atoms. The first-order valence-electron chi connectivity index (χ1n) is 11.6. The van der Waals surface area contributed by atoms with Gasteiger partial charge in [0.1, 0.15) is 6.61 Å². The number of imide groups is 1. The predicted molar refractivity (Wildman–Crippen MR) is 125 cm³/mol. The number of carbonyl (C=O) groups excluding carboxylic acids is 3. The topological polar surface area (TPSA) is 101 Å². The van der Waals surface area contributed by atoms with Crippen LogP contribution in [0.3, 0.4) is 0 Å². The van der Waals surface area contributed by atoms with Crippen LogP contribution in [0.4, 0.5) is 0 Å². The Bertz CT molecular complexity index is 1130. The Morgan fingerprint density at radius 3 is 2.03 bits per heavy atom. The Morgan fingerprint density at radius 1 is 0.853 bits per heavy atom. The fourth-order valence-corrected chi connectivity index (χ4v) is 5.79. The Balaban J connectivity index is 1.24. The van der Waals surface area contributed by atoms with Crippen LogP contribution in [0.25, 0.3) is 0 Å². The Kier molecular flexibility index (Phi) is 7.43. The molecule has 9 heteroatoms. The number of sulfonamides is 1. The molecule has 8 nitrogen and oxygen atoms in total. The van der Waals surface area contributed by atoms with Crippen LogP contribution in [0.15, 0.2) is 53.4 Å². The third kappa shape index (κ3) is 5.20. The molecule has 0 spiro atoms. The van der Waals surface area contributed by atoms with Gasteiger partial charge in [-0.1, -0.05) is 37.1 Å². The van der Waals surface area contributed by atoms with E-state index in [1.54, 1.807) is 52.8 Å². The number of hydrogen-bond donors (Lipinski definition) is 0. The van der Waals surface area contributed by atoms with Crippen LogP contribution in [-0.2, 0) is 26.0 Å². The number of ether oxygens (including phenoxy) is 1. The molecule has 2 aromatic carbocycles. The largest absolute Gasteiger partial charge is 0.464 e. The van der Waals surface area contributed by atoms with Crippen molar-refractivity contribution in [3.8, 4) is 0 Å². The van der Waals surface area contributed by atoms with E-state index in [1.165, 1.54) is 0 Å². The summed E-state index contributed by atoms with van der Waals surface area (Å²) in [7, 11) is -3.50. The van der Waals surface area contributed by atoms with Crippen molar-refractivity contribution in [1.29, 1.82) is 0 Å². The molecule has 1 saturated heterocycles. The summed E-state index contributed by atoms with van der Waals surface area (Å²) in [5.74, 6) is -1.21. The minimum atomic E-state index is -3.50. The summed E-state index contributed by atoms with van der Waals surface area (Å²) in [6.07, 6.45) is 4.38. The van der Waals surface area contributed by atoms with E-state index in [1.807, 2.05) is 0 Å². The van der Waals surface area contributed by atoms with E-state index in [-0.39, 0.29) is 36.3 Å². The van der Waals surface area contributed by atoms with Crippen LogP contribution >= 0.6 is 0 Å². The second-order valence-electron chi connectivity index (χ2n) is 8.49. The molecule has 2 aliphatic rings. The zero-order chi connectivity index (χ0) is 24.1. The number of fused-ring (bicyclic) bond motifs is 1. The van der Waals surface area contributed by atoms with Gasteiger partial charge < -0.3 is 4.74 Å². The number of carbonyl (C=O) groups is 3. The second kappa shape index (κ2) is 10.5. The van der Waals surface area contributed by atoms with Crippen molar-refractivity contribution in [1.82, 2.24) is 9.21 Å². The molecule has 0 atom stereocenters. The first kappa shape index (κ1) is 24.1. The fraction of sp³-hybridized carbons (Fsp3) is 0.400. The summed E-state index contributed by atoms with van der Waals surface area (Å²) < 4.78 is 32.5.